The van der Waals surface area contributed by atoms with Crippen LogP contribution in [-0.4, -0.2) is 104 Å². The highest BCUT2D eigenvalue weighted by molar-refractivity contribution is 6.07. The zero-order valence-corrected chi connectivity index (χ0v) is 20.7. The molecule has 1 N–H and O–H groups in total. The molecule has 4 aliphatic rings. The summed E-state index contributed by atoms with van der Waals surface area (Å²) in [4.78, 5) is 46.9. The summed E-state index contributed by atoms with van der Waals surface area (Å²) in [5, 5.41) is 2.98. The van der Waals surface area contributed by atoms with E-state index in [-0.39, 0.29) is 23.8 Å². The largest absolute Gasteiger partial charge is 0.379 e. The van der Waals surface area contributed by atoms with Gasteiger partial charge in [-0.2, -0.15) is 0 Å². The molecule has 0 bridgehead atoms. The van der Waals surface area contributed by atoms with Crippen molar-refractivity contribution in [2.75, 3.05) is 70.5 Å². The van der Waals surface area contributed by atoms with Crippen LogP contribution >= 0.6 is 0 Å². The fourth-order valence-electron chi connectivity index (χ4n) is 5.89. The highest BCUT2D eigenvalue weighted by Gasteiger charge is 2.52. The zero-order valence-electron chi connectivity index (χ0n) is 20.7. The Kier molecular flexibility index (Phi) is 6.98. The van der Waals surface area contributed by atoms with Crippen molar-refractivity contribution in [3.8, 4) is 0 Å². The molecule has 9 nitrogen and oxygen atoms in total. The fraction of sp³-hybridized carbons (Fsp3) is 0.654. The average molecular weight is 484 g/mol. The number of carbonyl (C=O) groups is 3. The van der Waals surface area contributed by atoms with Crippen molar-refractivity contribution in [2.24, 2.45) is 5.92 Å². The third-order valence-corrected chi connectivity index (χ3v) is 8.23. The maximum absolute atomic E-state index is 13.3. The Labute approximate surface area is 207 Å². The van der Waals surface area contributed by atoms with Crippen LogP contribution in [0, 0.1) is 5.92 Å². The predicted molar refractivity (Wildman–Crippen MR) is 132 cm³/mol. The number of rotatable bonds is 6. The molecular formula is C26H37N5O4. The highest BCUT2D eigenvalue weighted by Crippen LogP contribution is 2.34. The van der Waals surface area contributed by atoms with Crippen LogP contribution in [0.3, 0.4) is 0 Å². The molecule has 1 aromatic rings. The third-order valence-electron chi connectivity index (χ3n) is 8.23. The van der Waals surface area contributed by atoms with E-state index in [0.29, 0.717) is 57.8 Å². The summed E-state index contributed by atoms with van der Waals surface area (Å²) in [6.45, 7) is 9.29. The number of nitrogens with zero attached hydrogens (tertiary/aromatic N) is 4. The second kappa shape index (κ2) is 10.1. The quantitative estimate of drug-likeness (QED) is 0.621. The smallest absolute Gasteiger partial charge is 0.325 e. The molecule has 1 atom stereocenters. The number of benzene rings is 1. The second-order valence-corrected chi connectivity index (χ2v) is 10.4. The van der Waals surface area contributed by atoms with Gasteiger partial charge in [-0.05, 0) is 62.8 Å². The molecule has 4 heterocycles. The van der Waals surface area contributed by atoms with Crippen molar-refractivity contribution < 1.29 is 19.1 Å². The van der Waals surface area contributed by atoms with Crippen molar-refractivity contribution in [3.63, 3.8) is 0 Å². The molecular weight excluding hydrogens is 446 g/mol. The number of carbonyl (C=O) groups excluding carboxylic acids is 3. The minimum absolute atomic E-state index is 0.00827. The van der Waals surface area contributed by atoms with Gasteiger partial charge in [-0.25, -0.2) is 4.79 Å². The number of anilines is 1. The van der Waals surface area contributed by atoms with Gasteiger partial charge in [0.2, 0.25) is 0 Å². The summed E-state index contributed by atoms with van der Waals surface area (Å²) in [6, 6.07) is 7.64. The van der Waals surface area contributed by atoms with Gasteiger partial charge in [0.15, 0.2) is 0 Å². The molecule has 9 heteroatoms. The maximum Gasteiger partial charge on any atom is 0.325 e. The average Bonchev–Trinajstić information content (AvgIpc) is 3.51. The standard InChI is InChI=1S/C26H37N5O4/c1-26(24(33)31(25(34)27-26)15-14-28-16-18-35-19-17-28)21-8-12-30(13-9-21)23(32)20-4-6-22(7-5-20)29-10-2-3-11-29/h4-7,21H,2-3,8-19H2,1H3,(H,27,34). The van der Waals surface area contributed by atoms with Crippen LogP contribution in [0.4, 0.5) is 10.5 Å². The second-order valence-electron chi connectivity index (χ2n) is 10.4. The lowest BCUT2D eigenvalue weighted by Gasteiger charge is -2.39. The third kappa shape index (κ3) is 4.89. The van der Waals surface area contributed by atoms with Gasteiger partial charge in [-0.15, -0.1) is 0 Å². The van der Waals surface area contributed by atoms with E-state index in [2.05, 4.69) is 15.1 Å². The molecule has 35 heavy (non-hydrogen) atoms. The molecule has 0 radical (unpaired) electrons. The lowest BCUT2D eigenvalue weighted by atomic mass is 9.78. The molecule has 4 fully saturated rings. The molecule has 0 saturated carbocycles. The zero-order chi connectivity index (χ0) is 24.4. The van der Waals surface area contributed by atoms with Gasteiger partial charge in [-0.1, -0.05) is 0 Å². The monoisotopic (exact) mass is 483 g/mol. The van der Waals surface area contributed by atoms with E-state index < -0.39 is 5.54 Å². The van der Waals surface area contributed by atoms with E-state index in [1.807, 2.05) is 36.1 Å². The Bertz CT molecular complexity index is 934. The van der Waals surface area contributed by atoms with Crippen LogP contribution in [0.15, 0.2) is 24.3 Å². The molecule has 4 saturated heterocycles. The lowest BCUT2D eigenvalue weighted by Crippen LogP contribution is -2.54. The van der Waals surface area contributed by atoms with E-state index in [0.717, 1.165) is 26.2 Å². The highest BCUT2D eigenvalue weighted by atomic mass is 16.5. The normalized spacial score (nSPS) is 26.5. The first-order chi connectivity index (χ1) is 17.0. The predicted octanol–water partition coefficient (Wildman–Crippen LogP) is 1.78. The number of hydrogen-bond acceptors (Lipinski definition) is 6. The Morgan fingerprint density at radius 3 is 2.29 bits per heavy atom. The van der Waals surface area contributed by atoms with Crippen LogP contribution < -0.4 is 10.2 Å². The molecule has 5 rings (SSSR count). The minimum Gasteiger partial charge on any atom is -0.379 e. The van der Waals surface area contributed by atoms with Gasteiger partial charge < -0.3 is 19.9 Å². The number of imide groups is 1. The van der Waals surface area contributed by atoms with Crippen molar-refractivity contribution in [1.29, 1.82) is 0 Å². The Morgan fingerprint density at radius 1 is 0.971 bits per heavy atom. The number of morpholine rings is 1. The molecule has 190 valence electrons. The summed E-state index contributed by atoms with van der Waals surface area (Å²) < 4.78 is 5.37. The number of amides is 4. The fourth-order valence-corrected chi connectivity index (χ4v) is 5.89. The number of likely N-dealkylation sites (tertiary alicyclic amines) is 1. The van der Waals surface area contributed by atoms with Gasteiger partial charge in [0.25, 0.3) is 11.8 Å². The summed E-state index contributed by atoms with van der Waals surface area (Å²) in [5.41, 5.74) is 0.978. The molecule has 0 aromatic heterocycles. The van der Waals surface area contributed by atoms with Crippen LogP contribution in [0.2, 0.25) is 0 Å². The molecule has 4 aliphatic heterocycles. The first-order valence-electron chi connectivity index (χ1n) is 13.0. The number of ether oxygens (including phenoxy) is 1. The topological polar surface area (TPSA) is 85.4 Å². The molecule has 1 unspecified atom stereocenters. The van der Waals surface area contributed by atoms with Gasteiger partial charge in [0.05, 0.1) is 13.2 Å². The summed E-state index contributed by atoms with van der Waals surface area (Å²) in [7, 11) is 0. The van der Waals surface area contributed by atoms with Gasteiger partial charge in [0, 0.05) is 63.6 Å². The molecule has 4 amide bonds. The Balaban J connectivity index is 1.15. The minimum atomic E-state index is -0.908. The van der Waals surface area contributed by atoms with Gasteiger partial charge >= 0.3 is 6.03 Å². The molecule has 0 spiro atoms. The number of piperidine rings is 1. The molecule has 1 aromatic carbocycles. The van der Waals surface area contributed by atoms with Crippen molar-refractivity contribution in [2.45, 2.75) is 38.1 Å². The number of urea groups is 1. The summed E-state index contributed by atoms with van der Waals surface area (Å²) in [6.07, 6.45) is 3.83. The van der Waals surface area contributed by atoms with Crippen molar-refractivity contribution >= 4 is 23.5 Å². The van der Waals surface area contributed by atoms with E-state index in [1.165, 1.54) is 23.4 Å². The Morgan fingerprint density at radius 2 is 1.63 bits per heavy atom. The molecule has 0 aliphatic carbocycles. The lowest BCUT2D eigenvalue weighted by molar-refractivity contribution is -0.133. The number of hydrogen-bond donors (Lipinski definition) is 1. The first kappa shape index (κ1) is 24.1. The van der Waals surface area contributed by atoms with Gasteiger partial charge in [-0.3, -0.25) is 19.4 Å². The van der Waals surface area contributed by atoms with E-state index in [1.54, 1.807) is 0 Å². The first-order valence-corrected chi connectivity index (χ1v) is 13.0. The van der Waals surface area contributed by atoms with Crippen LogP contribution in [0.1, 0.15) is 43.0 Å². The SMILES string of the molecule is CC1(C2CCN(C(=O)c3ccc(N4CCCC4)cc3)CC2)NC(=O)N(CCN2CCOCC2)C1=O. The summed E-state index contributed by atoms with van der Waals surface area (Å²) >= 11 is 0. The van der Waals surface area contributed by atoms with E-state index >= 15 is 0 Å². The van der Waals surface area contributed by atoms with Crippen LogP contribution in [-0.2, 0) is 9.53 Å². The van der Waals surface area contributed by atoms with Crippen LogP contribution in [0.25, 0.3) is 0 Å². The van der Waals surface area contributed by atoms with Crippen molar-refractivity contribution in [3.05, 3.63) is 29.8 Å². The van der Waals surface area contributed by atoms with Crippen molar-refractivity contribution in [1.82, 2.24) is 20.0 Å². The van der Waals surface area contributed by atoms with E-state index in [4.69, 9.17) is 4.74 Å². The van der Waals surface area contributed by atoms with Crippen LogP contribution in [0.5, 0.6) is 0 Å². The summed E-state index contributed by atoms with van der Waals surface area (Å²) in [5.74, 6) is -0.0949. The Hall–Kier alpha value is -2.65. The van der Waals surface area contributed by atoms with Gasteiger partial charge in [0.1, 0.15) is 5.54 Å². The maximum atomic E-state index is 13.3. The number of nitrogens with one attached hydrogen (secondary N) is 1. The van der Waals surface area contributed by atoms with E-state index in [9.17, 15) is 14.4 Å².